The highest BCUT2D eigenvalue weighted by Crippen LogP contribution is 2.37. The molecule has 7 nitrogen and oxygen atoms in total. The number of carbonyl (C=O) groups excluding carboxylic acids is 2. The molecule has 0 radical (unpaired) electrons. The molecule has 2 aliphatic heterocycles. The quantitative estimate of drug-likeness (QED) is 0.769. The largest absolute Gasteiger partial charge is 0.354 e. The Morgan fingerprint density at radius 2 is 1.93 bits per heavy atom. The number of hydrogen-bond donors (Lipinski definition) is 0. The molecule has 0 aliphatic carbocycles. The van der Waals surface area contributed by atoms with Crippen molar-refractivity contribution in [1.82, 2.24) is 19.8 Å². The van der Waals surface area contributed by atoms with Gasteiger partial charge in [-0.3, -0.25) is 9.59 Å². The fourth-order valence-corrected chi connectivity index (χ4v) is 4.33. The van der Waals surface area contributed by atoms with Gasteiger partial charge in [-0.1, -0.05) is 23.7 Å². The molecule has 2 aromatic rings. The number of halogens is 1. The minimum atomic E-state index is -0.899. The highest BCUT2D eigenvalue weighted by atomic mass is 35.5. The summed E-state index contributed by atoms with van der Waals surface area (Å²) in [6, 6.07) is 9.22. The van der Waals surface area contributed by atoms with E-state index in [9.17, 15) is 9.59 Å². The molecule has 1 aromatic heterocycles. The van der Waals surface area contributed by atoms with E-state index in [1.165, 1.54) is 6.33 Å². The predicted molar refractivity (Wildman–Crippen MR) is 110 cm³/mol. The van der Waals surface area contributed by atoms with Crippen LogP contribution in [0.25, 0.3) is 0 Å². The van der Waals surface area contributed by atoms with Gasteiger partial charge in [-0.05, 0) is 44.0 Å². The van der Waals surface area contributed by atoms with Gasteiger partial charge in [0.1, 0.15) is 24.2 Å². The Bertz CT molecular complexity index is 905. The van der Waals surface area contributed by atoms with Crippen LogP contribution >= 0.6 is 11.6 Å². The van der Waals surface area contributed by atoms with Gasteiger partial charge in [-0.2, -0.15) is 0 Å². The standard InChI is InChI=1S/C21H24ClN5O2/c1-15(2)26-12-19(28)27(11-16-3-5-17(22)6-4-16)21(20(26)29)8-10-25(13-21)18-7-9-23-14-24-18/h3-7,9,14-15H,8,10-13H2,1-2H3. The van der Waals surface area contributed by atoms with Gasteiger partial charge in [0.2, 0.25) is 5.91 Å². The third-order valence-corrected chi connectivity index (χ3v) is 6.05. The number of carbonyl (C=O) groups is 2. The number of amides is 2. The van der Waals surface area contributed by atoms with E-state index >= 15 is 0 Å². The average Bonchev–Trinajstić information content (AvgIpc) is 3.16. The van der Waals surface area contributed by atoms with Crippen molar-refractivity contribution in [2.24, 2.45) is 0 Å². The molecule has 0 bridgehead atoms. The molecule has 2 aliphatic rings. The van der Waals surface area contributed by atoms with Crippen molar-refractivity contribution in [2.75, 3.05) is 24.5 Å². The van der Waals surface area contributed by atoms with Crippen molar-refractivity contribution in [2.45, 2.75) is 38.4 Å². The van der Waals surface area contributed by atoms with Crippen LogP contribution < -0.4 is 4.90 Å². The van der Waals surface area contributed by atoms with Crippen LogP contribution in [0, 0.1) is 0 Å². The maximum Gasteiger partial charge on any atom is 0.251 e. The van der Waals surface area contributed by atoms with E-state index < -0.39 is 5.54 Å². The Kier molecular flexibility index (Phi) is 5.17. The monoisotopic (exact) mass is 413 g/mol. The Balaban J connectivity index is 1.69. The van der Waals surface area contributed by atoms with Crippen molar-refractivity contribution in [3.63, 3.8) is 0 Å². The van der Waals surface area contributed by atoms with Crippen LogP contribution in [0.15, 0.2) is 42.9 Å². The molecule has 1 spiro atoms. The average molecular weight is 414 g/mol. The molecule has 2 saturated heterocycles. The van der Waals surface area contributed by atoms with Crippen LogP contribution in [0.1, 0.15) is 25.8 Å². The maximum atomic E-state index is 13.6. The first-order valence-corrected chi connectivity index (χ1v) is 10.2. The molecular weight excluding hydrogens is 390 g/mol. The van der Waals surface area contributed by atoms with Crippen LogP contribution in [0.4, 0.5) is 5.82 Å². The van der Waals surface area contributed by atoms with Crippen molar-refractivity contribution >= 4 is 29.2 Å². The molecule has 1 aromatic carbocycles. The van der Waals surface area contributed by atoms with Gasteiger partial charge in [-0.25, -0.2) is 9.97 Å². The third kappa shape index (κ3) is 3.55. The summed E-state index contributed by atoms with van der Waals surface area (Å²) in [6.45, 7) is 5.46. The van der Waals surface area contributed by atoms with Crippen molar-refractivity contribution < 1.29 is 9.59 Å². The Morgan fingerprint density at radius 1 is 1.17 bits per heavy atom. The fourth-order valence-electron chi connectivity index (χ4n) is 4.21. The van der Waals surface area contributed by atoms with E-state index in [1.807, 2.05) is 44.2 Å². The molecule has 8 heteroatoms. The van der Waals surface area contributed by atoms with Crippen molar-refractivity contribution in [3.8, 4) is 0 Å². The molecule has 3 heterocycles. The summed E-state index contributed by atoms with van der Waals surface area (Å²) >= 11 is 6.01. The van der Waals surface area contributed by atoms with Crippen LogP contribution in [-0.4, -0.2) is 62.8 Å². The summed E-state index contributed by atoms with van der Waals surface area (Å²) < 4.78 is 0. The van der Waals surface area contributed by atoms with E-state index in [1.54, 1.807) is 16.0 Å². The molecule has 0 N–H and O–H groups in total. The summed E-state index contributed by atoms with van der Waals surface area (Å²) in [4.78, 5) is 40.6. The Morgan fingerprint density at radius 3 is 2.59 bits per heavy atom. The molecule has 4 rings (SSSR count). The first-order valence-electron chi connectivity index (χ1n) is 9.78. The molecule has 29 heavy (non-hydrogen) atoms. The fraction of sp³-hybridized carbons (Fsp3) is 0.429. The van der Waals surface area contributed by atoms with Crippen molar-refractivity contribution in [1.29, 1.82) is 0 Å². The van der Waals surface area contributed by atoms with Gasteiger partial charge in [0.05, 0.1) is 6.54 Å². The maximum absolute atomic E-state index is 13.6. The van der Waals surface area contributed by atoms with E-state index in [0.29, 0.717) is 31.1 Å². The lowest BCUT2D eigenvalue weighted by molar-refractivity contribution is -0.166. The predicted octanol–water partition coefficient (Wildman–Crippen LogP) is 2.36. The van der Waals surface area contributed by atoms with Crippen LogP contribution in [0.2, 0.25) is 5.02 Å². The molecule has 0 saturated carbocycles. The summed E-state index contributed by atoms with van der Waals surface area (Å²) in [5.74, 6) is 0.751. The highest BCUT2D eigenvalue weighted by Gasteiger charge is 2.56. The van der Waals surface area contributed by atoms with Gasteiger partial charge < -0.3 is 14.7 Å². The van der Waals surface area contributed by atoms with Gasteiger partial charge >= 0.3 is 0 Å². The molecule has 2 amide bonds. The number of rotatable bonds is 4. The van der Waals surface area contributed by atoms with E-state index in [0.717, 1.165) is 11.4 Å². The van der Waals surface area contributed by atoms with E-state index in [4.69, 9.17) is 11.6 Å². The molecule has 2 fully saturated rings. The van der Waals surface area contributed by atoms with Gasteiger partial charge in [0, 0.05) is 30.4 Å². The second-order valence-electron chi connectivity index (χ2n) is 7.90. The first kappa shape index (κ1) is 19.6. The summed E-state index contributed by atoms with van der Waals surface area (Å²) in [6.07, 6.45) is 3.76. The topological polar surface area (TPSA) is 69.6 Å². The number of piperazine rings is 1. The summed E-state index contributed by atoms with van der Waals surface area (Å²) in [5.41, 5.74) is 0.0536. The number of benzene rings is 1. The molecule has 1 atom stereocenters. The Labute approximate surface area is 175 Å². The normalized spacial score (nSPS) is 22.3. The number of nitrogens with zero attached hydrogens (tertiary/aromatic N) is 5. The van der Waals surface area contributed by atoms with Crippen LogP contribution in [0.5, 0.6) is 0 Å². The summed E-state index contributed by atoms with van der Waals surface area (Å²) in [5, 5.41) is 0.645. The number of anilines is 1. The third-order valence-electron chi connectivity index (χ3n) is 5.80. The van der Waals surface area contributed by atoms with E-state index in [-0.39, 0.29) is 24.4 Å². The van der Waals surface area contributed by atoms with Gasteiger partial charge in [-0.15, -0.1) is 0 Å². The lowest BCUT2D eigenvalue weighted by Crippen LogP contribution is -2.69. The minimum Gasteiger partial charge on any atom is -0.354 e. The molecular formula is C21H24ClN5O2. The second-order valence-corrected chi connectivity index (χ2v) is 8.34. The zero-order valence-electron chi connectivity index (χ0n) is 16.6. The van der Waals surface area contributed by atoms with Crippen molar-refractivity contribution in [3.05, 3.63) is 53.4 Å². The number of hydrogen-bond acceptors (Lipinski definition) is 5. The zero-order valence-corrected chi connectivity index (χ0v) is 17.3. The second kappa shape index (κ2) is 7.63. The zero-order chi connectivity index (χ0) is 20.6. The lowest BCUT2D eigenvalue weighted by Gasteiger charge is -2.48. The Hall–Kier alpha value is -2.67. The highest BCUT2D eigenvalue weighted by molar-refractivity contribution is 6.30. The lowest BCUT2D eigenvalue weighted by atomic mass is 9.89. The SMILES string of the molecule is CC(C)N1CC(=O)N(Cc2ccc(Cl)cc2)C2(CCN(c3ccncn3)C2)C1=O. The van der Waals surface area contributed by atoms with E-state index in [2.05, 4.69) is 14.9 Å². The first-order chi connectivity index (χ1) is 13.9. The minimum absolute atomic E-state index is 0.0117. The molecule has 1 unspecified atom stereocenters. The van der Waals surface area contributed by atoms with Gasteiger partial charge in [0.15, 0.2) is 0 Å². The summed E-state index contributed by atoms with van der Waals surface area (Å²) in [7, 11) is 0. The molecule has 152 valence electrons. The number of aromatic nitrogens is 2. The van der Waals surface area contributed by atoms with Gasteiger partial charge in [0.25, 0.3) is 5.91 Å². The smallest absolute Gasteiger partial charge is 0.251 e. The van der Waals surface area contributed by atoms with Crippen LogP contribution in [-0.2, 0) is 16.1 Å². The van der Waals surface area contributed by atoms with Crippen LogP contribution in [0.3, 0.4) is 0 Å².